The quantitative estimate of drug-likeness (QED) is 0.0313. The van der Waals surface area contributed by atoms with Crippen LogP contribution >= 0.6 is 29.4 Å². The zero-order valence-electron chi connectivity index (χ0n) is 75.1. The maximum absolute atomic E-state index is 12.7. The van der Waals surface area contributed by atoms with E-state index in [1.54, 1.807) is 52.6 Å². The van der Waals surface area contributed by atoms with Gasteiger partial charge in [-0.25, -0.2) is 9.59 Å². The van der Waals surface area contributed by atoms with Gasteiger partial charge < -0.3 is 51.3 Å². The van der Waals surface area contributed by atoms with Crippen LogP contribution in [0.15, 0.2) is 162 Å². The Hall–Kier alpha value is -6.15. The zero-order chi connectivity index (χ0) is 88.5. The van der Waals surface area contributed by atoms with Crippen molar-refractivity contribution in [2.75, 3.05) is 59.8 Å². The zero-order valence-corrected chi connectivity index (χ0v) is 78.7. The van der Waals surface area contributed by atoms with Gasteiger partial charge in [0.1, 0.15) is 43.6 Å². The van der Waals surface area contributed by atoms with Gasteiger partial charge in [0.05, 0.1) is 47.3 Å². The van der Waals surface area contributed by atoms with E-state index >= 15 is 0 Å². The first kappa shape index (κ1) is 102. The topological polar surface area (TPSA) is 252 Å². The Labute approximate surface area is 713 Å². The largest absolute Gasteiger partial charge is 0.466 e. The lowest BCUT2D eigenvalue weighted by molar-refractivity contribution is -0.135. The van der Waals surface area contributed by atoms with Gasteiger partial charge in [0, 0.05) is 48.0 Å². The number of fused-ring (bicyclic) bond motifs is 4. The Morgan fingerprint density at radius 1 is 0.387 bits per heavy atom. The monoisotopic (exact) mass is 1720 g/mol. The standard InChI is InChI=1S/C21H19O2P.C20H33O4P.C18H26O3.2C15H22O2.C8H20O5P2/c1-23-21(22)17-24(18-11-5-2-6-12-18,19-13-7-3-8-14-19)20-15-9-4-10-16-20;1-6-23-25(22,24-7-2)14-11-16-9-10-18-19(3,4)12-8-13-20(18,5)17(16)15-21;1-17(2)10-5-11-18(3)14(12-19)13(6-8-15(17)18)7-9-16(20)21-4;2*1-14(2)7-4-8-15(3)12(10-17)11(9-16)5-6-13(14)15;1-5-11-14(4,9)8-15(10,12-6-2)13-7-3/h2-17H,1H3;9,11,14-15,17-18H,6-8,10,12-13H2,1-5H3;6-7,9,12,14-15H,5,8,10-11H2,1-4H3;2*5,9-10,12-13H,4,6-8H2,1-3H3;5-8H2,1-4H3/b;14-11+;9-7+;;;/t;17-,18-,20+;14-,15-,18+;2*12-,13-,15+;/m.0000./s1. The summed E-state index contributed by atoms with van der Waals surface area (Å²) in [5.74, 6) is 3.81. The van der Waals surface area contributed by atoms with E-state index in [1.165, 1.54) is 64.9 Å². The molecule has 1 unspecified atom stereocenters. The molecule has 8 aliphatic carbocycles. The summed E-state index contributed by atoms with van der Waals surface area (Å²) in [7, 11) is -6.60. The number of carbonyl (C=O) groups excluding carboxylic acids is 8. The fraction of sp³-hybridized carbons (Fsp3) is 0.598. The van der Waals surface area contributed by atoms with E-state index in [9.17, 15) is 52.1 Å². The molecule has 0 N–H and O–H groups in total. The Balaban J connectivity index is 0.000000224. The summed E-state index contributed by atoms with van der Waals surface area (Å²) in [6.07, 6.45) is 36.8. The van der Waals surface area contributed by atoms with Crippen molar-refractivity contribution in [1.82, 2.24) is 0 Å². The lowest BCUT2D eigenvalue weighted by Crippen LogP contribution is -2.49. The molecule has 4 fully saturated rings. The maximum Gasteiger partial charge on any atom is 0.354 e. The van der Waals surface area contributed by atoms with Crippen molar-refractivity contribution in [1.29, 1.82) is 0 Å². The van der Waals surface area contributed by atoms with E-state index in [-0.39, 0.29) is 98.0 Å². The Morgan fingerprint density at radius 2 is 0.672 bits per heavy atom. The number of methoxy groups -OCH3 is 2. The van der Waals surface area contributed by atoms with E-state index in [1.807, 2.05) is 66.7 Å². The molecular formula is C97H142O18P4. The predicted octanol–water partition coefficient (Wildman–Crippen LogP) is 21.9. The molecule has 0 amide bonds. The van der Waals surface area contributed by atoms with Gasteiger partial charge in [-0.1, -0.05) is 236 Å². The van der Waals surface area contributed by atoms with Crippen LogP contribution < -0.4 is 15.9 Å². The molecule has 658 valence electrons. The first-order valence-electron chi connectivity index (χ1n) is 43.1. The number of hydrogen-bond donors (Lipinski definition) is 0. The second-order valence-corrected chi connectivity index (χ2v) is 47.3. The number of carbonyl (C=O) groups is 8. The van der Waals surface area contributed by atoms with Crippen LogP contribution in [0.5, 0.6) is 0 Å². The van der Waals surface area contributed by atoms with Crippen LogP contribution in [0, 0.1) is 90.7 Å². The lowest BCUT2D eigenvalue weighted by atomic mass is 9.49. The average Bonchev–Trinajstić information content (AvgIpc) is 0.756. The molecule has 13 atom stereocenters. The number of aldehydes is 6. The summed E-state index contributed by atoms with van der Waals surface area (Å²) in [6.45, 7) is 36.9. The minimum atomic E-state index is -3.26. The van der Waals surface area contributed by atoms with Gasteiger partial charge >= 0.3 is 27.1 Å². The highest BCUT2D eigenvalue weighted by molar-refractivity contribution is 7.95. The van der Waals surface area contributed by atoms with E-state index in [4.69, 9.17) is 27.4 Å². The Bertz CT molecular complexity index is 4110. The first-order valence-corrected chi connectivity index (χ1v) is 50.5. The molecule has 4 saturated carbocycles. The average molecular weight is 1720 g/mol. The number of hydrogen-bond acceptors (Lipinski definition) is 18. The molecule has 119 heavy (non-hydrogen) atoms. The molecule has 0 aliphatic heterocycles. The fourth-order valence-corrected chi connectivity index (χ4v) is 31.9. The summed E-state index contributed by atoms with van der Waals surface area (Å²) in [5, 5.41) is 3.40. The molecule has 22 heteroatoms. The predicted molar refractivity (Wildman–Crippen MR) is 483 cm³/mol. The van der Waals surface area contributed by atoms with Gasteiger partial charge in [-0.3, -0.25) is 23.3 Å². The molecule has 0 saturated heterocycles. The van der Waals surface area contributed by atoms with Gasteiger partial charge in [0.15, 0.2) is 0 Å². The van der Waals surface area contributed by atoms with Gasteiger partial charge in [0.2, 0.25) is 7.37 Å². The molecule has 0 radical (unpaired) electrons. The summed E-state index contributed by atoms with van der Waals surface area (Å²) < 4.78 is 71.9. The molecule has 3 aromatic carbocycles. The van der Waals surface area contributed by atoms with Crippen LogP contribution in [0.4, 0.5) is 0 Å². The van der Waals surface area contributed by atoms with Crippen LogP contribution in [-0.4, -0.2) is 115 Å². The van der Waals surface area contributed by atoms with E-state index in [2.05, 4.69) is 136 Å². The van der Waals surface area contributed by atoms with Crippen LogP contribution in [0.2, 0.25) is 0 Å². The highest BCUT2D eigenvalue weighted by Crippen LogP contribution is 2.65. The van der Waals surface area contributed by atoms with Crippen LogP contribution in [-0.2, 0) is 84.1 Å². The summed E-state index contributed by atoms with van der Waals surface area (Å²) in [4.78, 5) is 92.3. The van der Waals surface area contributed by atoms with Crippen molar-refractivity contribution in [3.8, 4) is 0 Å². The molecule has 18 nitrogen and oxygen atoms in total. The molecule has 11 rings (SSSR count). The van der Waals surface area contributed by atoms with E-state index < -0.39 is 29.4 Å². The van der Waals surface area contributed by atoms with Gasteiger partial charge in [-0.05, 0) is 224 Å². The lowest BCUT2D eigenvalue weighted by Gasteiger charge is -2.55. The Morgan fingerprint density at radius 3 is 0.950 bits per heavy atom. The summed E-state index contributed by atoms with van der Waals surface area (Å²) in [6, 6.07) is 30.6. The highest BCUT2D eigenvalue weighted by Gasteiger charge is 2.56. The second kappa shape index (κ2) is 44.4. The Kier molecular flexibility index (Phi) is 38.0. The molecule has 0 heterocycles. The first-order chi connectivity index (χ1) is 56.1. The van der Waals surface area contributed by atoms with E-state index in [0.717, 1.165) is 135 Å². The third kappa shape index (κ3) is 24.7. The molecule has 3 aromatic rings. The van der Waals surface area contributed by atoms with Crippen molar-refractivity contribution >= 4 is 101 Å². The minimum Gasteiger partial charge on any atom is -0.466 e. The fourth-order valence-electron chi connectivity index (χ4n) is 22.0. The summed E-state index contributed by atoms with van der Waals surface area (Å²) in [5.41, 5.74) is 4.30. The normalized spacial score (nSPS) is 28.6. The van der Waals surface area contributed by atoms with Gasteiger partial charge in [-0.2, -0.15) is 0 Å². The van der Waals surface area contributed by atoms with Crippen molar-refractivity contribution < 1.29 is 84.1 Å². The molecule has 0 spiro atoms. The molecule has 0 aromatic heterocycles. The van der Waals surface area contributed by atoms with Crippen molar-refractivity contribution in [2.24, 2.45) is 90.7 Å². The van der Waals surface area contributed by atoms with Crippen molar-refractivity contribution in [3.63, 3.8) is 0 Å². The number of allylic oxidation sites excluding steroid dienone is 10. The minimum absolute atomic E-state index is 0.00591. The smallest absolute Gasteiger partial charge is 0.354 e. The number of rotatable bonds is 26. The van der Waals surface area contributed by atoms with Crippen LogP contribution in [0.25, 0.3) is 0 Å². The van der Waals surface area contributed by atoms with Gasteiger partial charge in [0.25, 0.3) is 0 Å². The number of esters is 2. The number of ether oxygens (including phenoxy) is 2. The van der Waals surface area contributed by atoms with Crippen LogP contribution in [0.3, 0.4) is 0 Å². The van der Waals surface area contributed by atoms with Crippen molar-refractivity contribution in [3.05, 3.63) is 162 Å². The SMILES string of the molecule is CC1(C)CCC[C@]2(C)[C@@H](C=O)C(C=O)=CC[C@@H]12.CC1(C)CCC[C@]2(C)[C@@H](C=O)C(C=O)=CC[C@@H]12.CCOP(=O)(/C=C/C1=CC[C@H]2C(C)(C)CCC[C@]2(C)[C@H]1C=O)OCC.CCOP(C)(=O)CP(=O)(OCC)OCC.COC(=O)/C=C/C1=CC[C@H]2C(C)(C)CCC[C@]2(C)[C@H]1C=O.COC(=O)C=P(c1ccccc1)(c1ccccc1)c1ccccc1. The third-order valence-electron chi connectivity index (χ3n) is 27.7. The van der Waals surface area contributed by atoms with Crippen molar-refractivity contribution in [2.45, 2.75) is 220 Å². The van der Waals surface area contributed by atoms with Crippen LogP contribution in [0.1, 0.15) is 220 Å². The summed E-state index contributed by atoms with van der Waals surface area (Å²) >= 11 is 0. The highest BCUT2D eigenvalue weighted by atomic mass is 31.2. The van der Waals surface area contributed by atoms with Gasteiger partial charge in [-0.15, -0.1) is 0 Å². The molecule has 8 aliphatic rings. The third-order valence-corrected chi connectivity index (χ3v) is 38.9. The molecular weight excluding hydrogens is 1580 g/mol. The molecule has 0 bridgehead atoms. The maximum atomic E-state index is 12.7. The number of benzene rings is 3. The van der Waals surface area contributed by atoms with E-state index in [0.29, 0.717) is 54.6 Å². The second-order valence-electron chi connectivity index (χ2n) is 37.0.